The lowest BCUT2D eigenvalue weighted by Crippen LogP contribution is -2.44. The Balaban J connectivity index is 1.36. The van der Waals surface area contributed by atoms with Gasteiger partial charge in [0.1, 0.15) is 12.1 Å². The molecule has 1 aliphatic rings. The van der Waals surface area contributed by atoms with E-state index in [0.717, 1.165) is 37.4 Å². The lowest BCUT2D eigenvalue weighted by atomic mass is 10.1. The van der Waals surface area contributed by atoms with E-state index in [1.165, 1.54) is 12.0 Å². The Hall–Kier alpha value is -2.67. The van der Waals surface area contributed by atoms with Crippen molar-refractivity contribution in [2.45, 2.75) is 12.8 Å². The Morgan fingerprint density at radius 1 is 1.03 bits per heavy atom. The zero-order valence-electron chi connectivity index (χ0n) is 17.9. The highest BCUT2D eigenvalue weighted by atomic mass is 35.5. The van der Waals surface area contributed by atoms with E-state index >= 15 is 0 Å². The highest BCUT2D eigenvalue weighted by Gasteiger charge is 2.14. The van der Waals surface area contributed by atoms with Crippen LogP contribution in [0, 0.1) is 0 Å². The maximum Gasteiger partial charge on any atom is 0.230 e. The molecule has 3 aromatic rings. The molecule has 2 heterocycles. The van der Waals surface area contributed by atoms with Crippen molar-refractivity contribution in [3.8, 4) is 0 Å². The van der Waals surface area contributed by atoms with Gasteiger partial charge >= 0.3 is 0 Å². The lowest BCUT2D eigenvalue weighted by Gasteiger charge is -2.34. The third-order valence-corrected chi connectivity index (χ3v) is 6.42. The highest BCUT2D eigenvalue weighted by Crippen LogP contribution is 2.26. The number of aromatic nitrogens is 2. The molecule has 0 bridgehead atoms. The molecule has 1 aliphatic heterocycles. The number of likely N-dealkylation sites (N-methyl/N-ethyl adjacent to an activating group) is 1. The molecule has 8 heteroatoms. The van der Waals surface area contributed by atoms with Gasteiger partial charge in [0.2, 0.25) is 5.91 Å². The molecule has 2 aromatic carbocycles. The normalized spacial score (nSPS) is 14.4. The predicted octanol–water partition coefficient (Wildman–Crippen LogP) is 4.31. The van der Waals surface area contributed by atoms with Gasteiger partial charge < -0.3 is 15.1 Å². The molecule has 6 nitrogen and oxygen atoms in total. The summed E-state index contributed by atoms with van der Waals surface area (Å²) in [5, 5.41) is 3.64. The number of benzene rings is 2. The Bertz CT molecular complexity index is 1080. The number of piperazine rings is 1. The predicted molar refractivity (Wildman–Crippen MR) is 130 cm³/mol. The van der Waals surface area contributed by atoms with Gasteiger partial charge in [0.05, 0.1) is 22.2 Å². The minimum absolute atomic E-state index is 0.118. The molecule has 1 amide bonds. The van der Waals surface area contributed by atoms with Crippen LogP contribution in [0.25, 0.3) is 0 Å². The van der Waals surface area contributed by atoms with Gasteiger partial charge in [-0.3, -0.25) is 4.79 Å². The van der Waals surface area contributed by atoms with Crippen molar-refractivity contribution in [3.05, 3.63) is 81.7 Å². The number of anilines is 2. The average molecular weight is 470 g/mol. The number of carbonyl (C=O) groups is 1. The standard InChI is InChI=1S/C24H25Cl2N5O/c1-30-9-11-31(12-10-30)20-7-5-17(6-8-20)13-19-15-22(28-16-27-19)29-23(32)14-18-3-2-4-21(25)24(18)26/h2-8,15-16H,9-14H2,1H3,(H,27,28,29,32). The van der Waals surface area contributed by atoms with E-state index in [4.69, 9.17) is 23.2 Å². The fourth-order valence-corrected chi connectivity index (χ4v) is 4.09. The SMILES string of the molecule is CN1CCN(c2ccc(Cc3cc(NC(=O)Cc4cccc(Cl)c4Cl)ncn3)cc2)CC1. The number of hydrogen-bond acceptors (Lipinski definition) is 5. The number of rotatable bonds is 6. The van der Waals surface area contributed by atoms with Crippen LogP contribution in [0.2, 0.25) is 10.0 Å². The number of nitrogens with zero attached hydrogens (tertiary/aromatic N) is 4. The van der Waals surface area contributed by atoms with Gasteiger partial charge in [-0.15, -0.1) is 0 Å². The molecule has 0 atom stereocenters. The van der Waals surface area contributed by atoms with Crippen LogP contribution in [0.5, 0.6) is 0 Å². The van der Waals surface area contributed by atoms with Crippen LogP contribution in [0.15, 0.2) is 54.9 Å². The van der Waals surface area contributed by atoms with Gasteiger partial charge in [-0.2, -0.15) is 0 Å². The summed E-state index contributed by atoms with van der Waals surface area (Å²) in [5.74, 6) is 0.252. The van der Waals surface area contributed by atoms with Crippen molar-refractivity contribution in [2.75, 3.05) is 43.4 Å². The second kappa shape index (κ2) is 10.3. The minimum atomic E-state index is -0.213. The largest absolute Gasteiger partial charge is 0.369 e. The maximum absolute atomic E-state index is 12.4. The summed E-state index contributed by atoms with van der Waals surface area (Å²) >= 11 is 12.2. The Kier molecular flexibility index (Phi) is 7.25. The summed E-state index contributed by atoms with van der Waals surface area (Å²) in [6.45, 7) is 4.26. The second-order valence-corrected chi connectivity index (χ2v) is 8.75. The van der Waals surface area contributed by atoms with Crippen LogP contribution in [-0.2, 0) is 17.6 Å². The van der Waals surface area contributed by atoms with E-state index < -0.39 is 0 Å². The average Bonchev–Trinajstić information content (AvgIpc) is 2.78. The number of hydrogen-bond donors (Lipinski definition) is 1. The first-order chi connectivity index (χ1) is 15.5. The summed E-state index contributed by atoms with van der Waals surface area (Å²) in [5.41, 5.74) is 3.91. The Labute approximate surface area is 198 Å². The van der Waals surface area contributed by atoms with E-state index in [2.05, 4.69) is 56.4 Å². The van der Waals surface area contributed by atoms with Crippen LogP contribution < -0.4 is 10.2 Å². The van der Waals surface area contributed by atoms with E-state index in [-0.39, 0.29) is 12.3 Å². The van der Waals surface area contributed by atoms with E-state index in [1.54, 1.807) is 24.3 Å². The quantitative estimate of drug-likeness (QED) is 0.582. The molecule has 1 aromatic heterocycles. The summed E-state index contributed by atoms with van der Waals surface area (Å²) in [7, 11) is 2.16. The van der Waals surface area contributed by atoms with Gasteiger partial charge in [-0.25, -0.2) is 9.97 Å². The molecule has 166 valence electrons. The minimum Gasteiger partial charge on any atom is -0.369 e. The van der Waals surface area contributed by atoms with Crippen LogP contribution in [0.1, 0.15) is 16.8 Å². The summed E-state index contributed by atoms with van der Waals surface area (Å²) in [4.78, 5) is 25.7. The fraction of sp³-hybridized carbons (Fsp3) is 0.292. The van der Waals surface area contributed by atoms with Crippen molar-refractivity contribution < 1.29 is 4.79 Å². The molecule has 0 unspecified atom stereocenters. The second-order valence-electron chi connectivity index (χ2n) is 7.97. The smallest absolute Gasteiger partial charge is 0.230 e. The van der Waals surface area contributed by atoms with E-state index in [9.17, 15) is 4.79 Å². The Morgan fingerprint density at radius 3 is 2.53 bits per heavy atom. The molecule has 0 radical (unpaired) electrons. The molecule has 1 fully saturated rings. The molecule has 0 aliphatic carbocycles. The number of amides is 1. The monoisotopic (exact) mass is 469 g/mol. The van der Waals surface area contributed by atoms with Crippen LogP contribution in [0.4, 0.5) is 11.5 Å². The highest BCUT2D eigenvalue weighted by molar-refractivity contribution is 6.42. The molecule has 4 rings (SSSR count). The van der Waals surface area contributed by atoms with Crippen LogP contribution in [-0.4, -0.2) is 54.0 Å². The number of nitrogens with one attached hydrogen (secondary N) is 1. The van der Waals surface area contributed by atoms with Crippen molar-refractivity contribution in [1.29, 1.82) is 0 Å². The third kappa shape index (κ3) is 5.76. The molecule has 0 spiro atoms. The van der Waals surface area contributed by atoms with Gasteiger partial charge in [0.25, 0.3) is 0 Å². The first-order valence-corrected chi connectivity index (χ1v) is 11.3. The van der Waals surface area contributed by atoms with Crippen LogP contribution in [0.3, 0.4) is 0 Å². The van der Waals surface area contributed by atoms with Gasteiger partial charge in [0, 0.05) is 44.4 Å². The van der Waals surface area contributed by atoms with Gasteiger partial charge in [-0.1, -0.05) is 47.5 Å². The zero-order chi connectivity index (χ0) is 22.5. The Morgan fingerprint density at radius 2 is 1.78 bits per heavy atom. The van der Waals surface area contributed by atoms with Crippen molar-refractivity contribution in [2.24, 2.45) is 0 Å². The number of halogens is 2. The number of carbonyl (C=O) groups excluding carboxylic acids is 1. The van der Waals surface area contributed by atoms with Crippen LogP contribution >= 0.6 is 23.2 Å². The fourth-order valence-electron chi connectivity index (χ4n) is 3.71. The molecule has 1 N–H and O–H groups in total. The van der Waals surface area contributed by atoms with E-state index in [1.807, 2.05) is 0 Å². The summed E-state index contributed by atoms with van der Waals surface area (Å²) in [6.07, 6.45) is 2.25. The first-order valence-electron chi connectivity index (χ1n) is 10.5. The molecule has 32 heavy (non-hydrogen) atoms. The topological polar surface area (TPSA) is 61.4 Å². The molecule has 1 saturated heterocycles. The lowest BCUT2D eigenvalue weighted by molar-refractivity contribution is -0.115. The van der Waals surface area contributed by atoms with E-state index in [0.29, 0.717) is 27.8 Å². The van der Waals surface area contributed by atoms with Gasteiger partial charge in [0.15, 0.2) is 0 Å². The maximum atomic E-state index is 12.4. The summed E-state index contributed by atoms with van der Waals surface area (Å²) in [6, 6.07) is 15.6. The zero-order valence-corrected chi connectivity index (χ0v) is 19.4. The molecule has 0 saturated carbocycles. The van der Waals surface area contributed by atoms with Gasteiger partial charge in [-0.05, 0) is 36.4 Å². The first kappa shape index (κ1) is 22.5. The van der Waals surface area contributed by atoms with Crippen molar-refractivity contribution in [3.63, 3.8) is 0 Å². The molecular formula is C24H25Cl2N5O. The molecular weight excluding hydrogens is 445 g/mol. The third-order valence-electron chi connectivity index (χ3n) is 5.56. The summed E-state index contributed by atoms with van der Waals surface area (Å²) < 4.78 is 0. The van der Waals surface area contributed by atoms with Crippen molar-refractivity contribution in [1.82, 2.24) is 14.9 Å². The van der Waals surface area contributed by atoms with Crippen molar-refractivity contribution >= 4 is 40.6 Å².